The molecule has 1 aromatic carbocycles. The Labute approximate surface area is 105 Å². The molecule has 0 amide bonds. The molecule has 0 saturated carbocycles. The molecule has 0 bridgehead atoms. The van der Waals surface area contributed by atoms with E-state index in [9.17, 15) is 5.21 Å². The molecule has 0 N–H and O–H groups in total. The average molecular weight is 238 g/mol. The molecule has 3 heteroatoms. The number of fused-ring (bicyclic) bond motifs is 1. The zero-order chi connectivity index (χ0) is 12.7. The lowest BCUT2D eigenvalue weighted by atomic mass is 10.1. The van der Waals surface area contributed by atoms with E-state index in [1.165, 1.54) is 5.56 Å². The maximum atomic E-state index is 12.1. The van der Waals surface area contributed by atoms with Crippen molar-refractivity contribution in [2.45, 2.75) is 6.92 Å². The third kappa shape index (κ3) is 1.56. The first kappa shape index (κ1) is 10.8. The second kappa shape index (κ2) is 3.88. The van der Waals surface area contributed by atoms with Gasteiger partial charge in [-0.1, -0.05) is 17.7 Å². The van der Waals surface area contributed by atoms with Crippen LogP contribution in [0.1, 0.15) is 5.56 Å². The average Bonchev–Trinajstić information content (AvgIpc) is 2.73. The van der Waals surface area contributed by atoms with E-state index in [0.717, 1.165) is 21.2 Å². The molecular weight excluding hydrogens is 224 g/mol. The number of rotatable bonds is 1. The Morgan fingerprint density at radius 1 is 1.06 bits per heavy atom. The zero-order valence-electron chi connectivity index (χ0n) is 10.4. The second-order valence-corrected chi connectivity index (χ2v) is 4.59. The van der Waals surface area contributed by atoms with Crippen molar-refractivity contribution in [1.82, 2.24) is 4.57 Å². The van der Waals surface area contributed by atoms with Crippen molar-refractivity contribution in [2.24, 2.45) is 7.05 Å². The summed E-state index contributed by atoms with van der Waals surface area (Å²) >= 11 is 0. The topological polar surface area (TPSA) is 31.9 Å². The minimum absolute atomic E-state index is 0.708. The summed E-state index contributed by atoms with van der Waals surface area (Å²) in [6.45, 7) is 2.04. The van der Waals surface area contributed by atoms with E-state index in [0.29, 0.717) is 5.69 Å². The van der Waals surface area contributed by atoms with Gasteiger partial charge >= 0.3 is 0 Å². The highest BCUT2D eigenvalue weighted by atomic mass is 16.5. The van der Waals surface area contributed by atoms with Gasteiger partial charge in [0.05, 0.1) is 0 Å². The van der Waals surface area contributed by atoms with Crippen molar-refractivity contribution in [2.75, 3.05) is 0 Å². The zero-order valence-corrected chi connectivity index (χ0v) is 10.4. The van der Waals surface area contributed by atoms with Gasteiger partial charge in [-0.3, -0.25) is 0 Å². The lowest BCUT2D eigenvalue weighted by Gasteiger charge is -2.07. The molecule has 0 radical (unpaired) electrons. The number of hydrogen-bond donors (Lipinski definition) is 0. The van der Waals surface area contributed by atoms with E-state index in [1.54, 1.807) is 6.20 Å². The molecule has 3 aromatic rings. The van der Waals surface area contributed by atoms with Gasteiger partial charge in [0, 0.05) is 30.3 Å². The van der Waals surface area contributed by atoms with Gasteiger partial charge in [0.1, 0.15) is 5.52 Å². The molecule has 3 nitrogen and oxygen atoms in total. The Bertz CT molecular complexity index is 711. The van der Waals surface area contributed by atoms with Crippen LogP contribution in [0.2, 0.25) is 0 Å². The number of aryl methyl sites for hydroxylation is 2. The molecule has 2 aromatic heterocycles. The van der Waals surface area contributed by atoms with Crippen LogP contribution in [0.25, 0.3) is 22.2 Å². The highest BCUT2D eigenvalue weighted by Gasteiger charge is 2.16. The summed E-state index contributed by atoms with van der Waals surface area (Å²) in [5, 5.41) is 13.2. The fourth-order valence-corrected chi connectivity index (χ4v) is 2.29. The molecule has 18 heavy (non-hydrogen) atoms. The van der Waals surface area contributed by atoms with Crippen LogP contribution in [-0.4, -0.2) is 4.57 Å². The van der Waals surface area contributed by atoms with Crippen molar-refractivity contribution in [3.63, 3.8) is 0 Å². The number of nitrogens with zero attached hydrogens (tertiary/aromatic N) is 2. The number of hydrogen-bond acceptors (Lipinski definition) is 1. The Kier molecular flexibility index (Phi) is 2.33. The second-order valence-electron chi connectivity index (χ2n) is 4.59. The Morgan fingerprint density at radius 3 is 2.50 bits per heavy atom. The largest absolute Gasteiger partial charge is 0.618 e. The summed E-state index contributed by atoms with van der Waals surface area (Å²) in [7, 11) is 1.96. The van der Waals surface area contributed by atoms with Gasteiger partial charge in [-0.25, -0.2) is 0 Å². The summed E-state index contributed by atoms with van der Waals surface area (Å²) in [5.74, 6) is 0. The monoisotopic (exact) mass is 238 g/mol. The maximum absolute atomic E-state index is 12.1. The molecule has 0 aliphatic rings. The van der Waals surface area contributed by atoms with Crippen LogP contribution in [0, 0.1) is 12.1 Å². The molecule has 0 atom stereocenters. The molecule has 0 aliphatic carbocycles. The van der Waals surface area contributed by atoms with Crippen LogP contribution in [0.5, 0.6) is 0 Å². The SMILES string of the molecule is Cc1ccc(-c2c3c(ccn3C)cc[n+]2[O-])cc1. The first-order valence-electron chi connectivity index (χ1n) is 5.91. The van der Waals surface area contributed by atoms with E-state index in [2.05, 4.69) is 0 Å². The minimum Gasteiger partial charge on any atom is -0.618 e. The maximum Gasteiger partial charge on any atom is 0.248 e. The highest BCUT2D eigenvalue weighted by molar-refractivity contribution is 5.90. The van der Waals surface area contributed by atoms with Crippen molar-refractivity contribution >= 4 is 10.9 Å². The molecule has 0 saturated heterocycles. The lowest BCUT2D eigenvalue weighted by Crippen LogP contribution is -2.28. The van der Waals surface area contributed by atoms with Crippen molar-refractivity contribution < 1.29 is 4.73 Å². The normalized spacial score (nSPS) is 11.0. The molecule has 0 aliphatic heterocycles. The van der Waals surface area contributed by atoms with E-state index >= 15 is 0 Å². The summed E-state index contributed by atoms with van der Waals surface area (Å²) in [4.78, 5) is 0. The Hall–Kier alpha value is -2.29. The van der Waals surface area contributed by atoms with Gasteiger partial charge in [0.25, 0.3) is 0 Å². The van der Waals surface area contributed by atoms with Gasteiger partial charge in [0.2, 0.25) is 5.69 Å². The van der Waals surface area contributed by atoms with Gasteiger partial charge in [0.15, 0.2) is 6.20 Å². The van der Waals surface area contributed by atoms with Crippen molar-refractivity contribution in [3.05, 3.63) is 59.6 Å². The lowest BCUT2D eigenvalue weighted by molar-refractivity contribution is -0.592. The Morgan fingerprint density at radius 2 is 1.78 bits per heavy atom. The van der Waals surface area contributed by atoms with Gasteiger partial charge in [-0.15, -0.1) is 0 Å². The molecule has 2 heterocycles. The predicted octanol–water partition coefficient (Wildman–Crippen LogP) is 2.79. The third-order valence-electron chi connectivity index (χ3n) is 3.26. The van der Waals surface area contributed by atoms with E-state index < -0.39 is 0 Å². The fraction of sp³-hybridized carbons (Fsp3) is 0.133. The van der Waals surface area contributed by atoms with Gasteiger partial charge in [-0.2, -0.15) is 4.73 Å². The van der Waals surface area contributed by atoms with E-state index in [4.69, 9.17) is 0 Å². The quantitative estimate of drug-likeness (QED) is 0.474. The van der Waals surface area contributed by atoms with Crippen molar-refractivity contribution in [3.8, 4) is 11.3 Å². The summed E-state index contributed by atoms with van der Waals surface area (Å²) in [5.41, 5.74) is 3.81. The number of pyridine rings is 1. The van der Waals surface area contributed by atoms with Gasteiger partial charge in [-0.05, 0) is 25.1 Å². The van der Waals surface area contributed by atoms with E-state index in [-0.39, 0.29) is 0 Å². The number of benzene rings is 1. The van der Waals surface area contributed by atoms with Crippen LogP contribution in [0.3, 0.4) is 0 Å². The fourth-order valence-electron chi connectivity index (χ4n) is 2.29. The van der Waals surface area contributed by atoms with Crippen LogP contribution in [-0.2, 0) is 7.05 Å². The van der Waals surface area contributed by atoms with Crippen molar-refractivity contribution in [1.29, 1.82) is 0 Å². The predicted molar refractivity (Wildman–Crippen MR) is 72.1 cm³/mol. The standard InChI is InChI=1S/C15H14N2O/c1-11-3-5-12(6-4-11)15-14-13(7-9-16(14)2)8-10-17(15)18/h3-10H,1-2H3. The number of aromatic nitrogens is 2. The summed E-state index contributed by atoms with van der Waals surface area (Å²) < 4.78 is 2.92. The summed E-state index contributed by atoms with van der Waals surface area (Å²) in [6.07, 6.45) is 3.54. The Balaban J connectivity index is 2.36. The molecular formula is C15H14N2O. The smallest absolute Gasteiger partial charge is 0.248 e. The van der Waals surface area contributed by atoms with E-state index in [1.807, 2.05) is 61.1 Å². The third-order valence-corrected chi connectivity index (χ3v) is 3.26. The highest BCUT2D eigenvalue weighted by Crippen LogP contribution is 2.25. The molecule has 0 fully saturated rings. The first-order chi connectivity index (χ1) is 8.66. The minimum atomic E-state index is 0.708. The van der Waals surface area contributed by atoms with Gasteiger partial charge < -0.3 is 9.77 Å². The van der Waals surface area contributed by atoms with Crippen LogP contribution < -0.4 is 4.73 Å². The molecule has 90 valence electrons. The molecule has 0 unspecified atom stereocenters. The van der Waals surface area contributed by atoms with Crippen LogP contribution >= 0.6 is 0 Å². The van der Waals surface area contributed by atoms with Crippen LogP contribution in [0.15, 0.2) is 48.8 Å². The molecule has 3 rings (SSSR count). The first-order valence-corrected chi connectivity index (χ1v) is 5.91. The molecule has 0 spiro atoms. The van der Waals surface area contributed by atoms with Crippen LogP contribution in [0.4, 0.5) is 0 Å². The summed E-state index contributed by atoms with van der Waals surface area (Å²) in [6, 6.07) is 11.9.